The van der Waals surface area contributed by atoms with E-state index in [0.29, 0.717) is 40.6 Å². The third kappa shape index (κ3) is 3.68. The second kappa shape index (κ2) is 8.35. The average Bonchev–Trinajstić information content (AvgIpc) is 3.56. The number of rotatable bonds is 5. The van der Waals surface area contributed by atoms with Gasteiger partial charge in [-0.1, -0.05) is 54.4 Å². The number of hydrogen-bond donors (Lipinski definition) is 0. The van der Waals surface area contributed by atoms with E-state index in [-0.39, 0.29) is 12.5 Å². The van der Waals surface area contributed by atoms with Crippen LogP contribution in [-0.2, 0) is 13.2 Å². The quantitative estimate of drug-likeness (QED) is 0.329. The molecule has 0 aliphatic carbocycles. The smallest absolute Gasteiger partial charge is 0.229 e. The van der Waals surface area contributed by atoms with E-state index in [1.165, 1.54) is 0 Å². The third-order valence-electron chi connectivity index (χ3n) is 6.00. The van der Waals surface area contributed by atoms with Gasteiger partial charge >= 0.3 is 0 Å². The number of halogens is 1. The van der Waals surface area contributed by atoms with Gasteiger partial charge in [-0.25, -0.2) is 4.98 Å². The van der Waals surface area contributed by atoms with Crippen LogP contribution in [-0.4, -0.2) is 34.5 Å². The molecule has 10 heteroatoms. The minimum Gasteiger partial charge on any atom is -0.484 e. The predicted molar refractivity (Wildman–Crippen MR) is 130 cm³/mol. The number of aromatic nitrogens is 7. The molecular weight excluding hydrogens is 466 g/mol. The van der Waals surface area contributed by atoms with Crippen LogP contribution in [0.5, 0.6) is 5.75 Å². The molecule has 0 atom stereocenters. The number of hydrogen-bond acceptors (Lipinski definition) is 7. The van der Waals surface area contributed by atoms with Gasteiger partial charge in [0.15, 0.2) is 11.6 Å². The zero-order valence-electron chi connectivity index (χ0n) is 19.4. The molecule has 0 unspecified atom stereocenters. The van der Waals surface area contributed by atoms with E-state index >= 15 is 0 Å². The standard InChI is InChI=1S/C25H22ClN7O2/c1-14(2)25-28-23(31-35-25)22-19-11-32-21(12-34-20-7-5-4-6-17(20)26)29-30-24(32)16-10-15(3)8-9-18(16)33(19)13-27-22/h4-10,13-14H,11-12H2,1-3H3. The van der Waals surface area contributed by atoms with Gasteiger partial charge in [-0.05, 0) is 31.2 Å². The molecule has 0 radical (unpaired) electrons. The molecule has 0 amide bonds. The normalized spacial score (nSPS) is 12.3. The minimum absolute atomic E-state index is 0.124. The van der Waals surface area contributed by atoms with Crippen LogP contribution in [0.2, 0.25) is 5.02 Å². The zero-order chi connectivity index (χ0) is 24.1. The van der Waals surface area contributed by atoms with Gasteiger partial charge in [0.2, 0.25) is 11.7 Å². The molecule has 35 heavy (non-hydrogen) atoms. The number of nitrogens with zero attached hydrogens (tertiary/aromatic N) is 7. The van der Waals surface area contributed by atoms with Crippen molar-refractivity contribution in [2.75, 3.05) is 0 Å². The highest BCUT2D eigenvalue weighted by Crippen LogP contribution is 2.35. The number of imidazole rings is 1. The van der Waals surface area contributed by atoms with Crippen LogP contribution in [0.25, 0.3) is 28.6 Å². The second-order valence-electron chi connectivity index (χ2n) is 8.79. The van der Waals surface area contributed by atoms with Gasteiger partial charge in [0, 0.05) is 11.5 Å². The van der Waals surface area contributed by atoms with Crippen molar-refractivity contribution >= 4 is 11.6 Å². The van der Waals surface area contributed by atoms with Crippen LogP contribution < -0.4 is 4.74 Å². The maximum Gasteiger partial charge on any atom is 0.229 e. The van der Waals surface area contributed by atoms with Crippen molar-refractivity contribution < 1.29 is 9.26 Å². The van der Waals surface area contributed by atoms with E-state index in [4.69, 9.17) is 20.9 Å². The van der Waals surface area contributed by atoms with Crippen molar-refractivity contribution in [3.63, 3.8) is 0 Å². The molecule has 9 nitrogen and oxygen atoms in total. The van der Waals surface area contributed by atoms with Gasteiger partial charge in [0.1, 0.15) is 24.4 Å². The molecule has 2 aromatic carbocycles. The first kappa shape index (κ1) is 21.5. The molecule has 0 saturated carbocycles. The van der Waals surface area contributed by atoms with E-state index < -0.39 is 0 Å². The molecule has 1 aliphatic rings. The maximum absolute atomic E-state index is 6.28. The van der Waals surface area contributed by atoms with Gasteiger partial charge in [-0.2, -0.15) is 4.98 Å². The first-order valence-corrected chi connectivity index (χ1v) is 11.7. The van der Waals surface area contributed by atoms with Gasteiger partial charge in [-0.3, -0.25) is 4.57 Å². The summed E-state index contributed by atoms with van der Waals surface area (Å²) in [5.41, 5.74) is 4.60. The highest BCUT2D eigenvalue weighted by Gasteiger charge is 2.28. The zero-order valence-corrected chi connectivity index (χ0v) is 20.2. The first-order chi connectivity index (χ1) is 17.0. The fourth-order valence-corrected chi connectivity index (χ4v) is 4.38. The molecule has 6 rings (SSSR count). The Morgan fingerprint density at radius 2 is 2.00 bits per heavy atom. The van der Waals surface area contributed by atoms with Crippen LogP contribution in [0, 0.1) is 6.92 Å². The fraction of sp³-hybridized carbons (Fsp3) is 0.240. The lowest BCUT2D eigenvalue weighted by Crippen LogP contribution is -2.11. The molecule has 0 fully saturated rings. The number of fused-ring (bicyclic) bond motifs is 5. The number of aryl methyl sites for hydroxylation is 1. The van der Waals surface area contributed by atoms with Gasteiger partial charge in [0.25, 0.3) is 0 Å². The molecule has 0 bridgehead atoms. The minimum atomic E-state index is 0.124. The third-order valence-corrected chi connectivity index (χ3v) is 6.31. The summed E-state index contributed by atoms with van der Waals surface area (Å²) in [4.78, 5) is 9.25. The van der Waals surface area contributed by atoms with Gasteiger partial charge in [0.05, 0.1) is 22.9 Å². The largest absolute Gasteiger partial charge is 0.484 e. The Balaban J connectivity index is 1.47. The lowest BCUT2D eigenvalue weighted by atomic mass is 10.1. The summed E-state index contributed by atoms with van der Waals surface area (Å²) in [7, 11) is 0. The van der Waals surface area contributed by atoms with E-state index in [1.54, 1.807) is 12.4 Å². The Kier molecular flexibility index (Phi) is 5.14. The fourth-order valence-electron chi connectivity index (χ4n) is 4.19. The molecule has 4 heterocycles. The summed E-state index contributed by atoms with van der Waals surface area (Å²) in [6.07, 6.45) is 1.80. The van der Waals surface area contributed by atoms with Crippen LogP contribution in [0.3, 0.4) is 0 Å². The average molecular weight is 488 g/mol. The van der Waals surface area contributed by atoms with Crippen molar-refractivity contribution in [1.29, 1.82) is 0 Å². The Morgan fingerprint density at radius 3 is 2.80 bits per heavy atom. The molecule has 0 saturated heterocycles. The Morgan fingerprint density at radius 1 is 1.14 bits per heavy atom. The lowest BCUT2D eigenvalue weighted by molar-refractivity contribution is 0.290. The molecule has 0 spiro atoms. The van der Waals surface area contributed by atoms with Crippen molar-refractivity contribution in [2.24, 2.45) is 0 Å². The molecule has 3 aromatic heterocycles. The van der Waals surface area contributed by atoms with Crippen LogP contribution in [0.1, 0.15) is 42.7 Å². The Bertz CT molecular complexity index is 1550. The molecule has 1 aliphatic heterocycles. The topological polar surface area (TPSA) is 96.7 Å². The highest BCUT2D eigenvalue weighted by molar-refractivity contribution is 6.32. The van der Waals surface area contributed by atoms with Gasteiger partial charge < -0.3 is 13.8 Å². The van der Waals surface area contributed by atoms with Crippen molar-refractivity contribution in [2.45, 2.75) is 39.8 Å². The van der Waals surface area contributed by atoms with Crippen LogP contribution in [0.15, 0.2) is 53.3 Å². The predicted octanol–water partition coefficient (Wildman–Crippen LogP) is 5.21. The summed E-state index contributed by atoms with van der Waals surface area (Å²) in [6.45, 7) is 6.75. The van der Waals surface area contributed by atoms with Crippen LogP contribution >= 0.6 is 11.6 Å². The second-order valence-corrected chi connectivity index (χ2v) is 9.19. The summed E-state index contributed by atoms with van der Waals surface area (Å²) in [6, 6.07) is 13.6. The van der Waals surface area contributed by atoms with E-state index in [0.717, 1.165) is 28.3 Å². The SMILES string of the molecule is Cc1ccc2c(c1)-c1nnc(COc3ccccc3Cl)n1Cc1c(-c3noc(C(C)C)n3)ncn1-2. The Hall–Kier alpha value is -3.98. The monoisotopic (exact) mass is 487 g/mol. The highest BCUT2D eigenvalue weighted by atomic mass is 35.5. The summed E-state index contributed by atoms with van der Waals surface area (Å²) in [5.74, 6) is 3.18. The van der Waals surface area contributed by atoms with E-state index in [2.05, 4.69) is 55.0 Å². The Labute approximate surface area is 206 Å². The summed E-state index contributed by atoms with van der Waals surface area (Å²) < 4.78 is 15.6. The summed E-state index contributed by atoms with van der Waals surface area (Å²) >= 11 is 6.28. The maximum atomic E-state index is 6.28. The number of para-hydroxylation sites is 1. The lowest BCUT2D eigenvalue weighted by Gasteiger charge is -2.10. The summed E-state index contributed by atoms with van der Waals surface area (Å²) in [5, 5.41) is 13.8. The van der Waals surface area contributed by atoms with Crippen molar-refractivity contribution in [3.05, 3.63) is 76.8 Å². The number of benzene rings is 2. The van der Waals surface area contributed by atoms with Crippen LogP contribution in [0.4, 0.5) is 0 Å². The van der Waals surface area contributed by atoms with Gasteiger partial charge in [-0.15, -0.1) is 10.2 Å². The molecule has 176 valence electrons. The van der Waals surface area contributed by atoms with Crippen molar-refractivity contribution in [1.82, 2.24) is 34.5 Å². The molecule has 5 aromatic rings. The number of ether oxygens (including phenoxy) is 1. The van der Waals surface area contributed by atoms with E-state index in [9.17, 15) is 0 Å². The van der Waals surface area contributed by atoms with E-state index in [1.807, 2.05) is 36.6 Å². The van der Waals surface area contributed by atoms with Crippen molar-refractivity contribution in [3.8, 4) is 34.3 Å². The molecule has 0 N–H and O–H groups in total. The first-order valence-electron chi connectivity index (χ1n) is 11.3. The molecular formula is C25H22ClN7O2.